The van der Waals surface area contributed by atoms with Gasteiger partial charge in [-0.15, -0.1) is 12.3 Å². The topological polar surface area (TPSA) is 49.6 Å². The zero-order valence-electron chi connectivity index (χ0n) is 10.1. The maximum Gasteiger partial charge on any atom is 0.240 e. The van der Waals surface area contributed by atoms with Gasteiger partial charge in [0.15, 0.2) is 0 Å². The van der Waals surface area contributed by atoms with E-state index in [1.807, 2.05) is 4.90 Å². The van der Waals surface area contributed by atoms with Gasteiger partial charge in [0, 0.05) is 25.6 Å². The van der Waals surface area contributed by atoms with E-state index >= 15 is 0 Å². The van der Waals surface area contributed by atoms with E-state index in [9.17, 15) is 4.79 Å². The summed E-state index contributed by atoms with van der Waals surface area (Å²) in [6.45, 7) is 1.58. The molecule has 1 saturated heterocycles. The Labute approximate surface area is 97.8 Å². The van der Waals surface area contributed by atoms with Gasteiger partial charge < -0.3 is 15.5 Å². The van der Waals surface area contributed by atoms with Crippen molar-refractivity contribution >= 4 is 5.91 Å². The predicted octanol–water partition coefficient (Wildman–Crippen LogP) is -0.110. The third-order valence-electron chi connectivity index (χ3n) is 3.16. The molecule has 0 aromatic carbocycles. The minimum absolute atomic E-state index is 0.00449. The van der Waals surface area contributed by atoms with Crippen LogP contribution in [0.3, 0.4) is 0 Å². The number of likely N-dealkylation sites (tertiary alicyclic amines) is 1. The van der Waals surface area contributed by atoms with Crippen LogP contribution in [0.2, 0.25) is 0 Å². The van der Waals surface area contributed by atoms with Crippen molar-refractivity contribution in [1.82, 2.24) is 9.80 Å². The van der Waals surface area contributed by atoms with Crippen LogP contribution in [0.15, 0.2) is 0 Å². The van der Waals surface area contributed by atoms with Crippen molar-refractivity contribution in [3.05, 3.63) is 0 Å². The largest absolute Gasteiger partial charge is 0.341 e. The van der Waals surface area contributed by atoms with E-state index in [2.05, 4.69) is 24.9 Å². The van der Waals surface area contributed by atoms with Gasteiger partial charge in [-0.25, -0.2) is 0 Å². The average Bonchev–Trinajstić information content (AvgIpc) is 2.28. The second kappa shape index (κ2) is 5.88. The lowest BCUT2D eigenvalue weighted by molar-refractivity contribution is -0.133. The first-order valence-corrected chi connectivity index (χ1v) is 5.70. The van der Waals surface area contributed by atoms with Crippen molar-refractivity contribution in [3.63, 3.8) is 0 Å². The zero-order valence-corrected chi connectivity index (χ0v) is 10.1. The lowest BCUT2D eigenvalue weighted by Gasteiger charge is -2.36. The molecule has 0 saturated carbocycles. The van der Waals surface area contributed by atoms with Crippen molar-refractivity contribution < 1.29 is 4.79 Å². The SMILES string of the molecule is C#CCC(N)C(=O)N1CCC(N(C)C)CC1. The molecule has 0 radical (unpaired) electrons. The number of hydrogen-bond acceptors (Lipinski definition) is 3. The molecule has 90 valence electrons. The Bertz CT molecular complexity index is 274. The number of rotatable bonds is 3. The van der Waals surface area contributed by atoms with E-state index in [1.54, 1.807) is 0 Å². The van der Waals surface area contributed by atoms with E-state index in [-0.39, 0.29) is 5.91 Å². The zero-order chi connectivity index (χ0) is 12.1. The van der Waals surface area contributed by atoms with Crippen LogP contribution in [0.25, 0.3) is 0 Å². The lowest BCUT2D eigenvalue weighted by Crippen LogP contribution is -2.49. The number of nitrogens with zero attached hydrogens (tertiary/aromatic N) is 2. The van der Waals surface area contributed by atoms with Gasteiger partial charge in [-0.1, -0.05) is 0 Å². The molecule has 0 bridgehead atoms. The van der Waals surface area contributed by atoms with Gasteiger partial charge in [0.2, 0.25) is 5.91 Å². The van der Waals surface area contributed by atoms with Crippen LogP contribution in [-0.2, 0) is 4.79 Å². The molecular formula is C12H21N3O. The second-order valence-electron chi connectivity index (χ2n) is 4.53. The van der Waals surface area contributed by atoms with Gasteiger partial charge in [0.25, 0.3) is 0 Å². The normalized spacial score (nSPS) is 19.6. The van der Waals surface area contributed by atoms with E-state index in [0.29, 0.717) is 12.5 Å². The maximum absolute atomic E-state index is 11.9. The molecule has 1 amide bonds. The summed E-state index contributed by atoms with van der Waals surface area (Å²) in [5.41, 5.74) is 5.71. The van der Waals surface area contributed by atoms with Crippen molar-refractivity contribution in [3.8, 4) is 12.3 Å². The van der Waals surface area contributed by atoms with Gasteiger partial charge in [0.05, 0.1) is 6.04 Å². The smallest absolute Gasteiger partial charge is 0.240 e. The highest BCUT2D eigenvalue weighted by Crippen LogP contribution is 2.14. The molecule has 0 spiro atoms. The Hall–Kier alpha value is -1.05. The fourth-order valence-electron chi connectivity index (χ4n) is 2.05. The van der Waals surface area contributed by atoms with Crippen LogP contribution < -0.4 is 5.73 Å². The molecule has 1 fully saturated rings. The third kappa shape index (κ3) is 3.22. The van der Waals surface area contributed by atoms with Gasteiger partial charge in [0.1, 0.15) is 0 Å². The van der Waals surface area contributed by atoms with Crippen molar-refractivity contribution in [1.29, 1.82) is 0 Å². The van der Waals surface area contributed by atoms with Crippen molar-refractivity contribution in [2.45, 2.75) is 31.3 Å². The Kier molecular flexibility index (Phi) is 4.78. The van der Waals surface area contributed by atoms with Gasteiger partial charge in [-0.3, -0.25) is 4.79 Å². The highest BCUT2D eigenvalue weighted by Gasteiger charge is 2.26. The lowest BCUT2D eigenvalue weighted by atomic mass is 10.0. The number of nitrogens with two attached hydrogens (primary N) is 1. The minimum atomic E-state index is -0.527. The summed E-state index contributed by atoms with van der Waals surface area (Å²) in [5, 5.41) is 0. The molecule has 1 unspecified atom stereocenters. The number of hydrogen-bond donors (Lipinski definition) is 1. The third-order valence-corrected chi connectivity index (χ3v) is 3.16. The molecule has 4 heteroatoms. The van der Waals surface area contributed by atoms with E-state index in [4.69, 9.17) is 12.2 Å². The molecule has 1 atom stereocenters. The molecule has 4 nitrogen and oxygen atoms in total. The van der Waals surface area contributed by atoms with E-state index in [1.165, 1.54) is 0 Å². The van der Waals surface area contributed by atoms with Crippen molar-refractivity contribution in [2.24, 2.45) is 5.73 Å². The van der Waals surface area contributed by atoms with Crippen molar-refractivity contribution in [2.75, 3.05) is 27.2 Å². The number of carbonyl (C=O) groups excluding carboxylic acids is 1. The molecule has 1 aliphatic rings. The highest BCUT2D eigenvalue weighted by molar-refractivity contribution is 5.82. The van der Waals surface area contributed by atoms with E-state index in [0.717, 1.165) is 25.9 Å². The summed E-state index contributed by atoms with van der Waals surface area (Å²) in [6.07, 6.45) is 7.51. The number of terminal acetylenes is 1. The molecule has 2 N–H and O–H groups in total. The van der Waals surface area contributed by atoms with Gasteiger partial charge in [-0.2, -0.15) is 0 Å². The van der Waals surface area contributed by atoms with Crippen LogP contribution in [0.1, 0.15) is 19.3 Å². The molecule has 1 heterocycles. The molecule has 0 aromatic heterocycles. The second-order valence-corrected chi connectivity index (χ2v) is 4.53. The molecule has 16 heavy (non-hydrogen) atoms. The molecule has 0 aromatic rings. The van der Waals surface area contributed by atoms with E-state index < -0.39 is 6.04 Å². The van der Waals surface area contributed by atoms with Crippen LogP contribution in [0.4, 0.5) is 0 Å². The molecule has 1 aliphatic heterocycles. The molecular weight excluding hydrogens is 202 g/mol. The Balaban J connectivity index is 2.42. The number of amides is 1. The summed E-state index contributed by atoms with van der Waals surface area (Å²) in [5.74, 6) is 2.43. The first-order valence-electron chi connectivity index (χ1n) is 5.70. The minimum Gasteiger partial charge on any atom is -0.341 e. The van der Waals surface area contributed by atoms with Crippen LogP contribution in [0.5, 0.6) is 0 Å². The first kappa shape index (κ1) is 13.0. The molecule has 0 aliphatic carbocycles. The fourth-order valence-corrected chi connectivity index (χ4v) is 2.05. The average molecular weight is 223 g/mol. The van der Waals surface area contributed by atoms with Crippen LogP contribution in [-0.4, -0.2) is 55.0 Å². The number of piperidine rings is 1. The summed E-state index contributed by atoms with van der Waals surface area (Å²) in [6, 6.07) is 0.0498. The summed E-state index contributed by atoms with van der Waals surface area (Å²) in [4.78, 5) is 15.9. The standard InChI is InChI=1S/C12H21N3O/c1-4-5-11(13)12(16)15-8-6-10(7-9-15)14(2)3/h1,10-11H,5-9,13H2,2-3H3. The Morgan fingerprint density at radius 3 is 2.56 bits per heavy atom. The Morgan fingerprint density at radius 2 is 2.12 bits per heavy atom. The predicted molar refractivity (Wildman–Crippen MR) is 64.7 cm³/mol. The van der Waals surface area contributed by atoms with Crippen LogP contribution in [0, 0.1) is 12.3 Å². The van der Waals surface area contributed by atoms with Gasteiger partial charge >= 0.3 is 0 Å². The monoisotopic (exact) mass is 223 g/mol. The quantitative estimate of drug-likeness (QED) is 0.679. The first-order chi connectivity index (χ1) is 7.56. The fraction of sp³-hybridized carbons (Fsp3) is 0.750. The van der Waals surface area contributed by atoms with Gasteiger partial charge in [-0.05, 0) is 26.9 Å². The number of carbonyl (C=O) groups is 1. The summed E-state index contributed by atoms with van der Waals surface area (Å²) >= 11 is 0. The summed E-state index contributed by atoms with van der Waals surface area (Å²) < 4.78 is 0. The summed E-state index contributed by atoms with van der Waals surface area (Å²) in [7, 11) is 4.15. The van der Waals surface area contributed by atoms with Crippen LogP contribution >= 0.6 is 0 Å². The molecule has 1 rings (SSSR count). The maximum atomic E-state index is 11.9. The highest BCUT2D eigenvalue weighted by atomic mass is 16.2. The Morgan fingerprint density at radius 1 is 1.56 bits per heavy atom.